The standard InChI is InChI=1S/C14H17ClN2O4/c1-3-20-13(18)9-7-16-11-5-6-17(14(19)21-4-2)8-10(11)12(9)15/h7H,3-6,8H2,1-2H3. The third-order valence-electron chi connectivity index (χ3n) is 3.19. The van der Waals surface area contributed by atoms with Crippen molar-refractivity contribution in [2.24, 2.45) is 0 Å². The van der Waals surface area contributed by atoms with Gasteiger partial charge in [-0.3, -0.25) is 4.98 Å². The number of carbonyl (C=O) groups excluding carboxylic acids is 2. The quantitative estimate of drug-likeness (QED) is 0.802. The smallest absolute Gasteiger partial charge is 0.410 e. The lowest BCUT2D eigenvalue weighted by Crippen LogP contribution is -2.37. The summed E-state index contributed by atoms with van der Waals surface area (Å²) in [5.41, 5.74) is 1.71. The average molecular weight is 313 g/mol. The first-order valence-electron chi connectivity index (χ1n) is 6.83. The molecule has 0 fully saturated rings. The van der Waals surface area contributed by atoms with Crippen molar-refractivity contribution in [2.75, 3.05) is 19.8 Å². The van der Waals surface area contributed by atoms with Crippen LogP contribution in [-0.4, -0.2) is 41.7 Å². The van der Waals surface area contributed by atoms with Crippen LogP contribution in [0, 0.1) is 0 Å². The van der Waals surface area contributed by atoms with Crippen LogP contribution in [0.15, 0.2) is 6.20 Å². The molecular formula is C14H17ClN2O4. The van der Waals surface area contributed by atoms with Crippen molar-refractivity contribution in [2.45, 2.75) is 26.8 Å². The summed E-state index contributed by atoms with van der Waals surface area (Å²) in [4.78, 5) is 29.4. The van der Waals surface area contributed by atoms with E-state index < -0.39 is 5.97 Å². The van der Waals surface area contributed by atoms with Crippen LogP contribution in [0.2, 0.25) is 5.02 Å². The summed E-state index contributed by atoms with van der Waals surface area (Å²) < 4.78 is 9.93. The molecule has 0 saturated carbocycles. The van der Waals surface area contributed by atoms with E-state index in [4.69, 9.17) is 21.1 Å². The SMILES string of the molecule is CCOC(=O)c1cnc2c(c1Cl)CN(C(=O)OCC)CC2. The van der Waals surface area contributed by atoms with Crippen molar-refractivity contribution in [1.82, 2.24) is 9.88 Å². The average Bonchev–Trinajstić information content (AvgIpc) is 2.48. The van der Waals surface area contributed by atoms with E-state index in [0.29, 0.717) is 30.2 Å². The van der Waals surface area contributed by atoms with E-state index in [2.05, 4.69) is 4.98 Å². The van der Waals surface area contributed by atoms with Crippen molar-refractivity contribution in [3.8, 4) is 0 Å². The number of hydrogen-bond acceptors (Lipinski definition) is 5. The van der Waals surface area contributed by atoms with Crippen LogP contribution in [-0.2, 0) is 22.4 Å². The second kappa shape index (κ2) is 6.76. The van der Waals surface area contributed by atoms with Gasteiger partial charge in [0.2, 0.25) is 0 Å². The van der Waals surface area contributed by atoms with Gasteiger partial charge in [-0.15, -0.1) is 0 Å². The van der Waals surface area contributed by atoms with Gasteiger partial charge in [-0.25, -0.2) is 9.59 Å². The van der Waals surface area contributed by atoms with Crippen LogP contribution < -0.4 is 0 Å². The maximum atomic E-state index is 11.8. The molecule has 2 heterocycles. The summed E-state index contributed by atoms with van der Waals surface area (Å²) >= 11 is 6.28. The Hall–Kier alpha value is -1.82. The minimum atomic E-state index is -0.508. The second-order valence-electron chi connectivity index (χ2n) is 4.50. The van der Waals surface area contributed by atoms with Gasteiger partial charge in [-0.05, 0) is 13.8 Å². The molecule has 0 bridgehead atoms. The Morgan fingerprint density at radius 1 is 1.33 bits per heavy atom. The molecule has 21 heavy (non-hydrogen) atoms. The molecule has 1 aromatic rings. The Balaban J connectivity index is 2.27. The van der Waals surface area contributed by atoms with Gasteiger partial charge in [0.05, 0.1) is 30.3 Å². The number of amides is 1. The highest BCUT2D eigenvalue weighted by Gasteiger charge is 2.27. The van der Waals surface area contributed by atoms with Gasteiger partial charge in [0.25, 0.3) is 0 Å². The molecule has 1 aromatic heterocycles. The van der Waals surface area contributed by atoms with Crippen molar-refractivity contribution < 1.29 is 19.1 Å². The molecule has 0 radical (unpaired) electrons. The van der Waals surface area contributed by atoms with E-state index in [1.807, 2.05) is 0 Å². The summed E-state index contributed by atoms with van der Waals surface area (Å²) in [5, 5.41) is 0.299. The molecular weight excluding hydrogens is 296 g/mol. The molecule has 1 aliphatic rings. The Kier molecular flexibility index (Phi) is 5.01. The third-order valence-corrected chi connectivity index (χ3v) is 3.62. The van der Waals surface area contributed by atoms with Gasteiger partial charge in [-0.2, -0.15) is 0 Å². The minimum absolute atomic E-state index is 0.225. The fourth-order valence-electron chi connectivity index (χ4n) is 2.17. The summed E-state index contributed by atoms with van der Waals surface area (Å²) in [6.45, 7) is 4.86. The first-order chi connectivity index (χ1) is 10.1. The normalized spacial score (nSPS) is 13.6. The van der Waals surface area contributed by atoms with Gasteiger partial charge in [0.15, 0.2) is 0 Å². The monoisotopic (exact) mass is 312 g/mol. The zero-order valence-electron chi connectivity index (χ0n) is 12.0. The van der Waals surface area contributed by atoms with Gasteiger partial charge >= 0.3 is 12.1 Å². The first kappa shape index (κ1) is 15.6. The lowest BCUT2D eigenvalue weighted by Gasteiger charge is -2.28. The van der Waals surface area contributed by atoms with E-state index in [9.17, 15) is 9.59 Å². The van der Waals surface area contributed by atoms with Crippen molar-refractivity contribution >= 4 is 23.7 Å². The number of rotatable bonds is 3. The van der Waals surface area contributed by atoms with Gasteiger partial charge in [0, 0.05) is 30.4 Å². The van der Waals surface area contributed by atoms with Gasteiger partial charge < -0.3 is 14.4 Å². The Morgan fingerprint density at radius 2 is 2.05 bits per heavy atom. The van der Waals surface area contributed by atoms with E-state index in [1.54, 1.807) is 18.7 Å². The van der Waals surface area contributed by atoms with E-state index in [-0.39, 0.29) is 24.8 Å². The van der Waals surface area contributed by atoms with E-state index >= 15 is 0 Å². The highest BCUT2D eigenvalue weighted by Crippen LogP contribution is 2.28. The minimum Gasteiger partial charge on any atom is -0.462 e. The molecule has 0 aliphatic carbocycles. The Bertz CT molecular complexity index is 562. The summed E-state index contributed by atoms with van der Waals surface area (Å²) in [6.07, 6.45) is 1.62. The zero-order chi connectivity index (χ0) is 15.4. The molecule has 2 rings (SSSR count). The Labute approximate surface area is 128 Å². The van der Waals surface area contributed by atoms with Crippen molar-refractivity contribution in [3.63, 3.8) is 0 Å². The number of ether oxygens (including phenoxy) is 2. The number of halogens is 1. The lowest BCUT2D eigenvalue weighted by atomic mass is 10.0. The fourth-order valence-corrected chi connectivity index (χ4v) is 2.47. The van der Waals surface area contributed by atoms with Crippen molar-refractivity contribution in [3.05, 3.63) is 28.0 Å². The number of hydrogen-bond donors (Lipinski definition) is 0. The third kappa shape index (κ3) is 3.26. The molecule has 1 aliphatic heterocycles. The van der Waals surface area contributed by atoms with Crippen LogP contribution in [0.4, 0.5) is 4.79 Å². The number of esters is 1. The second-order valence-corrected chi connectivity index (χ2v) is 4.88. The number of carbonyl (C=O) groups is 2. The summed E-state index contributed by atoms with van der Waals surface area (Å²) in [5.74, 6) is -0.508. The molecule has 0 atom stereocenters. The molecule has 6 nitrogen and oxygen atoms in total. The van der Waals surface area contributed by atoms with Gasteiger partial charge in [0.1, 0.15) is 0 Å². The first-order valence-corrected chi connectivity index (χ1v) is 7.21. The van der Waals surface area contributed by atoms with Crippen LogP contribution >= 0.6 is 11.6 Å². The largest absolute Gasteiger partial charge is 0.462 e. The highest BCUT2D eigenvalue weighted by atomic mass is 35.5. The maximum absolute atomic E-state index is 11.8. The predicted molar refractivity (Wildman–Crippen MR) is 76.3 cm³/mol. The fraction of sp³-hybridized carbons (Fsp3) is 0.500. The molecule has 0 aromatic carbocycles. The molecule has 0 saturated heterocycles. The Morgan fingerprint density at radius 3 is 2.71 bits per heavy atom. The number of aromatic nitrogens is 1. The summed E-state index contributed by atoms with van der Waals surface area (Å²) in [7, 11) is 0. The molecule has 0 N–H and O–H groups in total. The number of fused-ring (bicyclic) bond motifs is 1. The molecule has 1 amide bonds. The van der Waals surface area contributed by atoms with E-state index in [0.717, 1.165) is 5.69 Å². The van der Waals surface area contributed by atoms with E-state index in [1.165, 1.54) is 6.20 Å². The van der Waals surface area contributed by atoms with Crippen LogP contribution in [0.5, 0.6) is 0 Å². The zero-order valence-corrected chi connectivity index (χ0v) is 12.8. The number of nitrogens with zero attached hydrogens (tertiary/aromatic N) is 2. The summed E-state index contributed by atoms with van der Waals surface area (Å²) in [6, 6.07) is 0. The van der Waals surface area contributed by atoms with Crippen LogP contribution in [0.25, 0.3) is 0 Å². The van der Waals surface area contributed by atoms with Crippen LogP contribution in [0.3, 0.4) is 0 Å². The predicted octanol–water partition coefficient (Wildman–Crippen LogP) is 2.43. The lowest BCUT2D eigenvalue weighted by molar-refractivity contribution is 0.0526. The topological polar surface area (TPSA) is 68.7 Å². The molecule has 7 heteroatoms. The molecule has 0 unspecified atom stereocenters. The number of pyridine rings is 1. The highest BCUT2D eigenvalue weighted by molar-refractivity contribution is 6.34. The van der Waals surface area contributed by atoms with Crippen LogP contribution in [0.1, 0.15) is 35.5 Å². The molecule has 0 spiro atoms. The maximum Gasteiger partial charge on any atom is 0.410 e. The van der Waals surface area contributed by atoms with Gasteiger partial charge in [-0.1, -0.05) is 11.6 Å². The van der Waals surface area contributed by atoms with Crippen molar-refractivity contribution in [1.29, 1.82) is 0 Å². The molecule has 114 valence electrons.